The van der Waals surface area contributed by atoms with Crippen molar-refractivity contribution in [1.29, 1.82) is 0 Å². The van der Waals surface area contributed by atoms with E-state index in [1.165, 1.54) is 25.7 Å². The van der Waals surface area contributed by atoms with E-state index in [1.807, 2.05) is 0 Å². The van der Waals surface area contributed by atoms with Crippen molar-refractivity contribution in [1.82, 2.24) is 15.3 Å². The first-order valence-corrected chi connectivity index (χ1v) is 9.10. The first-order chi connectivity index (χ1) is 11.8. The van der Waals surface area contributed by atoms with Crippen molar-refractivity contribution < 1.29 is 4.74 Å². The minimum absolute atomic E-state index is 0.526. The molecular weight excluding hydrogens is 324 g/mol. The molecule has 1 aromatic rings. The van der Waals surface area contributed by atoms with E-state index < -0.39 is 0 Å². The Morgan fingerprint density at radius 3 is 2.12 bits per heavy atom. The zero-order valence-electron chi connectivity index (χ0n) is 14.3. The number of hydrogen-bond donors (Lipinski definition) is 2. The minimum atomic E-state index is 0.526. The van der Waals surface area contributed by atoms with Gasteiger partial charge in [0.15, 0.2) is 5.11 Å². The summed E-state index contributed by atoms with van der Waals surface area (Å²) in [6.07, 6.45) is 4.90. The number of nitrogens with one attached hydrogen (secondary N) is 2. The molecule has 132 valence electrons. The van der Waals surface area contributed by atoms with E-state index in [-0.39, 0.29) is 0 Å². The fraction of sp³-hybridized carbons (Fsp3) is 0.688. The summed E-state index contributed by atoms with van der Waals surface area (Å²) in [5.41, 5.74) is 0. The van der Waals surface area contributed by atoms with E-state index >= 15 is 0 Å². The molecule has 0 unspecified atom stereocenters. The van der Waals surface area contributed by atoms with Crippen LogP contribution in [0.15, 0.2) is 6.07 Å². The lowest BCUT2D eigenvalue weighted by Crippen LogP contribution is -2.32. The van der Waals surface area contributed by atoms with Gasteiger partial charge in [0.05, 0.1) is 6.61 Å². The molecule has 2 saturated heterocycles. The van der Waals surface area contributed by atoms with E-state index in [0.29, 0.717) is 24.2 Å². The van der Waals surface area contributed by atoms with Crippen LogP contribution in [-0.4, -0.2) is 61.5 Å². The fourth-order valence-corrected chi connectivity index (χ4v) is 3.30. The summed E-state index contributed by atoms with van der Waals surface area (Å²) < 4.78 is 5.02. The van der Waals surface area contributed by atoms with Crippen LogP contribution in [-0.2, 0) is 4.74 Å². The van der Waals surface area contributed by atoms with E-state index in [1.54, 1.807) is 7.11 Å². The second-order valence-corrected chi connectivity index (χ2v) is 6.58. The van der Waals surface area contributed by atoms with E-state index in [0.717, 1.165) is 37.8 Å². The van der Waals surface area contributed by atoms with Crippen molar-refractivity contribution in [2.45, 2.75) is 25.7 Å². The van der Waals surface area contributed by atoms with Gasteiger partial charge in [-0.05, 0) is 37.9 Å². The molecule has 0 saturated carbocycles. The molecular formula is C16H26N6OS. The predicted molar refractivity (Wildman–Crippen MR) is 101 cm³/mol. The number of nitrogens with zero attached hydrogens (tertiary/aromatic N) is 4. The molecule has 8 heteroatoms. The Labute approximate surface area is 148 Å². The molecule has 2 aliphatic heterocycles. The zero-order chi connectivity index (χ0) is 16.8. The third kappa shape index (κ3) is 4.45. The van der Waals surface area contributed by atoms with Crippen LogP contribution in [0.5, 0.6) is 0 Å². The Bertz CT molecular complexity index is 523. The summed E-state index contributed by atoms with van der Waals surface area (Å²) in [5, 5.41) is 6.74. The van der Waals surface area contributed by atoms with Crippen molar-refractivity contribution in [3.05, 3.63) is 6.07 Å². The maximum Gasteiger partial charge on any atom is 0.232 e. The molecule has 2 fully saturated rings. The second-order valence-electron chi connectivity index (χ2n) is 6.17. The summed E-state index contributed by atoms with van der Waals surface area (Å²) in [5.74, 6) is 2.55. The van der Waals surface area contributed by atoms with Crippen molar-refractivity contribution in [3.8, 4) is 0 Å². The first-order valence-electron chi connectivity index (χ1n) is 8.69. The molecule has 7 nitrogen and oxygen atoms in total. The van der Waals surface area contributed by atoms with Crippen molar-refractivity contribution in [2.75, 3.05) is 61.6 Å². The van der Waals surface area contributed by atoms with Gasteiger partial charge in [-0.2, -0.15) is 9.97 Å². The average Bonchev–Trinajstić information content (AvgIpc) is 3.28. The number of methoxy groups -OCH3 is 1. The zero-order valence-corrected chi connectivity index (χ0v) is 15.1. The van der Waals surface area contributed by atoms with Crippen LogP contribution in [0.4, 0.5) is 17.6 Å². The summed E-state index contributed by atoms with van der Waals surface area (Å²) in [6.45, 7) is 5.51. The molecule has 2 aliphatic rings. The summed E-state index contributed by atoms with van der Waals surface area (Å²) in [4.78, 5) is 14.0. The van der Waals surface area contributed by atoms with Gasteiger partial charge in [-0.25, -0.2) is 0 Å². The summed E-state index contributed by atoms with van der Waals surface area (Å²) >= 11 is 5.32. The van der Waals surface area contributed by atoms with Crippen LogP contribution >= 0.6 is 12.2 Å². The smallest absolute Gasteiger partial charge is 0.232 e. The van der Waals surface area contributed by atoms with Crippen molar-refractivity contribution >= 4 is 34.9 Å². The number of anilines is 3. The highest BCUT2D eigenvalue weighted by Gasteiger charge is 2.20. The van der Waals surface area contributed by atoms with Gasteiger partial charge in [0.1, 0.15) is 11.6 Å². The average molecular weight is 350 g/mol. The molecule has 0 aliphatic carbocycles. The molecule has 0 bridgehead atoms. The summed E-state index contributed by atoms with van der Waals surface area (Å²) in [7, 11) is 1.67. The largest absolute Gasteiger partial charge is 0.383 e. The Morgan fingerprint density at radius 1 is 1.08 bits per heavy atom. The molecule has 0 radical (unpaired) electrons. The summed E-state index contributed by atoms with van der Waals surface area (Å²) in [6, 6.07) is 2.11. The topological polar surface area (TPSA) is 65.6 Å². The standard InChI is InChI=1S/C16H26N6OS/c1-23-11-6-17-16(24)20-15-18-13(21-7-2-3-8-21)12-14(19-15)22-9-4-5-10-22/h12H,2-11H2,1H3,(H2,17,18,19,20,24). The van der Waals surface area contributed by atoms with Gasteiger partial charge < -0.3 is 25.2 Å². The molecule has 0 spiro atoms. The van der Waals surface area contributed by atoms with Crippen LogP contribution < -0.4 is 20.4 Å². The van der Waals surface area contributed by atoms with Gasteiger partial charge in [-0.3, -0.25) is 0 Å². The molecule has 2 N–H and O–H groups in total. The number of rotatable bonds is 6. The number of ether oxygens (including phenoxy) is 1. The van der Waals surface area contributed by atoms with Gasteiger partial charge >= 0.3 is 0 Å². The van der Waals surface area contributed by atoms with Crippen LogP contribution in [0.25, 0.3) is 0 Å². The Hall–Kier alpha value is -1.67. The fourth-order valence-electron chi connectivity index (χ4n) is 3.11. The van der Waals surface area contributed by atoms with E-state index in [4.69, 9.17) is 17.0 Å². The molecule has 0 atom stereocenters. The van der Waals surface area contributed by atoms with Crippen LogP contribution in [0.3, 0.4) is 0 Å². The molecule has 3 rings (SSSR count). The number of aromatic nitrogens is 2. The Morgan fingerprint density at radius 2 is 1.62 bits per heavy atom. The van der Waals surface area contributed by atoms with Gasteiger partial charge in [0.25, 0.3) is 0 Å². The highest BCUT2D eigenvalue weighted by atomic mass is 32.1. The quantitative estimate of drug-likeness (QED) is 0.593. The Kier molecular flexibility index (Phi) is 6.03. The molecule has 0 aromatic carbocycles. The van der Waals surface area contributed by atoms with Gasteiger partial charge in [-0.15, -0.1) is 0 Å². The maximum absolute atomic E-state index is 5.32. The molecule has 3 heterocycles. The van der Waals surface area contributed by atoms with Gasteiger partial charge in [0, 0.05) is 45.9 Å². The highest BCUT2D eigenvalue weighted by molar-refractivity contribution is 7.80. The predicted octanol–water partition coefficient (Wildman–Crippen LogP) is 1.61. The minimum Gasteiger partial charge on any atom is -0.383 e. The third-order valence-corrected chi connectivity index (χ3v) is 4.62. The lowest BCUT2D eigenvalue weighted by Gasteiger charge is -2.22. The molecule has 1 aromatic heterocycles. The van der Waals surface area contributed by atoms with Gasteiger partial charge in [-0.1, -0.05) is 0 Å². The van der Waals surface area contributed by atoms with E-state index in [9.17, 15) is 0 Å². The number of hydrogen-bond acceptors (Lipinski definition) is 6. The monoisotopic (exact) mass is 350 g/mol. The highest BCUT2D eigenvalue weighted by Crippen LogP contribution is 2.26. The van der Waals surface area contributed by atoms with Crippen LogP contribution in [0.2, 0.25) is 0 Å². The maximum atomic E-state index is 5.32. The Balaban J connectivity index is 1.74. The van der Waals surface area contributed by atoms with Gasteiger partial charge in [0.2, 0.25) is 5.95 Å². The van der Waals surface area contributed by atoms with Crippen LogP contribution in [0.1, 0.15) is 25.7 Å². The lowest BCUT2D eigenvalue weighted by molar-refractivity contribution is 0.204. The van der Waals surface area contributed by atoms with E-state index in [2.05, 4.69) is 36.5 Å². The van der Waals surface area contributed by atoms with Crippen molar-refractivity contribution in [2.24, 2.45) is 0 Å². The van der Waals surface area contributed by atoms with Crippen molar-refractivity contribution in [3.63, 3.8) is 0 Å². The second kappa shape index (κ2) is 8.43. The number of thiocarbonyl (C=S) groups is 1. The SMILES string of the molecule is COCCNC(=S)Nc1nc(N2CCCC2)cc(N2CCCC2)n1. The lowest BCUT2D eigenvalue weighted by atomic mass is 10.4. The first kappa shape index (κ1) is 17.2. The normalized spacial score (nSPS) is 17.4. The van der Waals surface area contributed by atoms with Crippen LogP contribution in [0, 0.1) is 0 Å². The third-order valence-electron chi connectivity index (χ3n) is 4.38. The molecule has 24 heavy (non-hydrogen) atoms. The molecule has 0 amide bonds.